The number of halogens is 3. The van der Waals surface area contributed by atoms with Crippen LogP contribution in [-0.2, 0) is 6.18 Å². The summed E-state index contributed by atoms with van der Waals surface area (Å²) in [5.41, 5.74) is 0.697. The zero-order valence-electron chi connectivity index (χ0n) is 23.4. The van der Waals surface area contributed by atoms with Gasteiger partial charge in [-0.1, -0.05) is 76.1 Å². The second-order valence-electron chi connectivity index (χ2n) is 9.63. The lowest BCUT2D eigenvalue weighted by Crippen LogP contribution is -2.08. The van der Waals surface area contributed by atoms with Crippen LogP contribution in [0.4, 0.5) is 13.2 Å². The molecule has 3 aromatic rings. The monoisotopic (exact) mass is 546 g/mol. The lowest BCUT2D eigenvalue weighted by atomic mass is 10.0. The molecule has 0 amide bonds. The van der Waals surface area contributed by atoms with Crippen LogP contribution >= 0.6 is 0 Å². The van der Waals surface area contributed by atoms with Crippen LogP contribution in [0.2, 0.25) is 0 Å². The largest absolute Gasteiger partial charge is 0.494 e. The lowest BCUT2D eigenvalue weighted by Gasteiger charge is -2.09. The Hall–Kier alpha value is -3.83. The van der Waals surface area contributed by atoms with Crippen molar-refractivity contribution in [3.63, 3.8) is 0 Å². The highest BCUT2D eigenvalue weighted by atomic mass is 19.4. The molecule has 0 bridgehead atoms. The van der Waals surface area contributed by atoms with Gasteiger partial charge in [0.25, 0.3) is 0 Å². The van der Waals surface area contributed by atoms with Crippen LogP contribution in [0.25, 0.3) is 0 Å². The third-order valence-corrected chi connectivity index (χ3v) is 6.26. The molecule has 0 fully saturated rings. The average molecular weight is 547 g/mol. The fourth-order valence-corrected chi connectivity index (χ4v) is 3.96. The van der Waals surface area contributed by atoms with Crippen molar-refractivity contribution in [2.24, 2.45) is 0 Å². The van der Waals surface area contributed by atoms with Crippen molar-refractivity contribution >= 4 is 0 Å². The van der Waals surface area contributed by atoms with Gasteiger partial charge >= 0.3 is 6.18 Å². The molecule has 0 aliphatic carbocycles. The molecule has 0 radical (unpaired) electrons. The van der Waals surface area contributed by atoms with Crippen LogP contribution in [0.15, 0.2) is 66.7 Å². The summed E-state index contributed by atoms with van der Waals surface area (Å²) in [5.74, 6) is 12.8. The first-order valence-electron chi connectivity index (χ1n) is 14.1. The van der Waals surface area contributed by atoms with E-state index in [4.69, 9.17) is 9.47 Å². The zero-order chi connectivity index (χ0) is 28.6. The second kappa shape index (κ2) is 16.3. The average Bonchev–Trinajstić information content (AvgIpc) is 2.96. The Morgan fingerprint density at radius 1 is 0.550 bits per heavy atom. The van der Waals surface area contributed by atoms with E-state index in [9.17, 15) is 13.2 Å². The summed E-state index contributed by atoms with van der Waals surface area (Å²) >= 11 is 0. The SMILES string of the molecule is CCCCCCOc1ccc(C#Cc2ccc(C#Cc3ccc(OCCCCCC)cc3)c(C(F)(F)F)c2)cc1. The number of hydrogen-bond acceptors (Lipinski definition) is 2. The molecule has 40 heavy (non-hydrogen) atoms. The standard InChI is InChI=1S/C35H37F3O2/c1-3-5-7-9-25-39-32-21-15-28(16-22-32)11-12-30-14-20-31(34(27-30)35(36,37)38)19-13-29-17-23-33(24-18-29)40-26-10-8-6-4-2/h14-18,20-24,27H,3-10,25-26H2,1-2H3. The lowest BCUT2D eigenvalue weighted by molar-refractivity contribution is -0.137. The first kappa shape index (κ1) is 30.7. The fraction of sp³-hybridized carbons (Fsp3) is 0.371. The van der Waals surface area contributed by atoms with E-state index in [1.807, 2.05) is 24.3 Å². The molecule has 0 atom stereocenters. The molecule has 3 rings (SSSR count). The Labute approximate surface area is 236 Å². The number of benzene rings is 3. The van der Waals surface area contributed by atoms with Gasteiger partial charge < -0.3 is 9.47 Å². The highest BCUT2D eigenvalue weighted by Crippen LogP contribution is 2.32. The fourth-order valence-electron chi connectivity index (χ4n) is 3.96. The Balaban J connectivity index is 1.65. The molecule has 5 heteroatoms. The van der Waals surface area contributed by atoms with Gasteiger partial charge in [-0.3, -0.25) is 0 Å². The summed E-state index contributed by atoms with van der Waals surface area (Å²) < 4.78 is 53.0. The van der Waals surface area contributed by atoms with Crippen LogP contribution in [0.1, 0.15) is 93.0 Å². The first-order valence-corrected chi connectivity index (χ1v) is 14.1. The van der Waals surface area contributed by atoms with Crippen LogP contribution < -0.4 is 9.47 Å². The molecule has 0 saturated carbocycles. The summed E-state index contributed by atoms with van der Waals surface area (Å²) in [6.45, 7) is 5.64. The number of rotatable bonds is 12. The maximum Gasteiger partial charge on any atom is 0.417 e. The van der Waals surface area contributed by atoms with E-state index in [2.05, 4.69) is 37.5 Å². The van der Waals surface area contributed by atoms with Crippen LogP contribution in [-0.4, -0.2) is 13.2 Å². The topological polar surface area (TPSA) is 18.5 Å². The van der Waals surface area contributed by atoms with Crippen LogP contribution in [0, 0.1) is 23.7 Å². The van der Waals surface area contributed by atoms with Crippen LogP contribution in [0.5, 0.6) is 11.5 Å². The molecule has 0 unspecified atom stereocenters. The summed E-state index contributed by atoms with van der Waals surface area (Å²) in [5, 5.41) is 0. The predicted molar refractivity (Wildman–Crippen MR) is 156 cm³/mol. The molecule has 0 aromatic heterocycles. The van der Waals surface area contributed by atoms with Gasteiger partial charge in [0.15, 0.2) is 0 Å². The molecule has 0 saturated heterocycles. The molecular weight excluding hydrogens is 509 g/mol. The second-order valence-corrected chi connectivity index (χ2v) is 9.63. The van der Waals surface area contributed by atoms with E-state index in [1.54, 1.807) is 30.3 Å². The quantitative estimate of drug-likeness (QED) is 0.166. The van der Waals surface area contributed by atoms with Crippen molar-refractivity contribution in [3.05, 3.63) is 94.5 Å². The van der Waals surface area contributed by atoms with E-state index in [0.29, 0.717) is 24.3 Å². The van der Waals surface area contributed by atoms with E-state index in [0.717, 1.165) is 43.2 Å². The van der Waals surface area contributed by atoms with Gasteiger partial charge in [-0.2, -0.15) is 13.2 Å². The van der Waals surface area contributed by atoms with E-state index in [-0.39, 0.29) is 11.1 Å². The molecule has 0 spiro atoms. The smallest absolute Gasteiger partial charge is 0.417 e. The Morgan fingerprint density at radius 3 is 1.48 bits per heavy atom. The molecule has 0 N–H and O–H groups in total. The van der Waals surface area contributed by atoms with Gasteiger partial charge in [0.05, 0.1) is 18.8 Å². The molecule has 2 nitrogen and oxygen atoms in total. The van der Waals surface area contributed by atoms with Crippen molar-refractivity contribution < 1.29 is 22.6 Å². The molecule has 3 aromatic carbocycles. The minimum absolute atomic E-state index is 0.0882. The van der Waals surface area contributed by atoms with Crippen LogP contribution in [0.3, 0.4) is 0 Å². The Morgan fingerprint density at radius 2 is 1.00 bits per heavy atom. The molecule has 0 heterocycles. The maximum atomic E-state index is 13.8. The minimum atomic E-state index is -4.55. The van der Waals surface area contributed by atoms with Gasteiger partial charge in [-0.05, 0) is 79.6 Å². The summed E-state index contributed by atoms with van der Waals surface area (Å²) in [7, 11) is 0. The maximum absolute atomic E-state index is 13.8. The molecular formula is C35H37F3O2. The van der Waals surface area contributed by atoms with Gasteiger partial charge in [0.2, 0.25) is 0 Å². The number of alkyl halides is 3. The van der Waals surface area contributed by atoms with E-state index >= 15 is 0 Å². The van der Waals surface area contributed by atoms with Crippen molar-refractivity contribution in [2.75, 3.05) is 13.2 Å². The number of hydrogen-bond donors (Lipinski definition) is 0. The molecule has 0 aliphatic heterocycles. The van der Waals surface area contributed by atoms with Gasteiger partial charge in [0, 0.05) is 22.3 Å². The highest BCUT2D eigenvalue weighted by molar-refractivity contribution is 5.53. The van der Waals surface area contributed by atoms with Gasteiger partial charge in [-0.25, -0.2) is 0 Å². The minimum Gasteiger partial charge on any atom is -0.494 e. The number of unbranched alkanes of at least 4 members (excludes halogenated alkanes) is 6. The normalized spacial score (nSPS) is 10.7. The zero-order valence-corrected chi connectivity index (χ0v) is 23.4. The Kier molecular flexibility index (Phi) is 12.5. The summed E-state index contributed by atoms with van der Waals surface area (Å²) in [4.78, 5) is 0. The van der Waals surface area contributed by atoms with Crippen molar-refractivity contribution in [1.82, 2.24) is 0 Å². The van der Waals surface area contributed by atoms with Crippen molar-refractivity contribution in [3.8, 4) is 35.2 Å². The van der Waals surface area contributed by atoms with Crippen molar-refractivity contribution in [1.29, 1.82) is 0 Å². The van der Waals surface area contributed by atoms with Crippen molar-refractivity contribution in [2.45, 2.75) is 71.4 Å². The Bertz CT molecular complexity index is 1300. The third-order valence-electron chi connectivity index (χ3n) is 6.26. The van der Waals surface area contributed by atoms with E-state index < -0.39 is 11.7 Å². The third kappa shape index (κ3) is 10.7. The molecule has 210 valence electrons. The summed E-state index contributed by atoms with van der Waals surface area (Å²) in [6, 6.07) is 18.4. The molecule has 0 aliphatic rings. The number of ether oxygens (including phenoxy) is 2. The summed E-state index contributed by atoms with van der Waals surface area (Å²) in [6.07, 6.45) is 4.47. The predicted octanol–water partition coefficient (Wildman–Crippen LogP) is 9.42. The highest BCUT2D eigenvalue weighted by Gasteiger charge is 2.33. The van der Waals surface area contributed by atoms with Gasteiger partial charge in [0.1, 0.15) is 11.5 Å². The van der Waals surface area contributed by atoms with Gasteiger partial charge in [-0.15, -0.1) is 0 Å². The van der Waals surface area contributed by atoms with E-state index in [1.165, 1.54) is 31.7 Å². The first-order chi connectivity index (χ1) is 19.4.